The summed E-state index contributed by atoms with van der Waals surface area (Å²) < 4.78 is 0. The molecule has 60 valence electrons. The molecule has 0 spiro atoms. The van der Waals surface area contributed by atoms with Crippen LogP contribution in [0.5, 0.6) is 0 Å². The molecule has 0 aromatic heterocycles. The van der Waals surface area contributed by atoms with Gasteiger partial charge in [0, 0.05) is 24.6 Å². The van der Waals surface area contributed by atoms with Crippen molar-refractivity contribution in [3.8, 4) is 0 Å². The number of hydrogen-bond donors (Lipinski definition) is 0. The molecule has 1 nitrogen and oxygen atoms in total. The van der Waals surface area contributed by atoms with Crippen molar-refractivity contribution < 1.29 is 0 Å². The predicted octanol–water partition coefficient (Wildman–Crippen LogP) is 1.86. The molecule has 0 saturated carbocycles. The molecule has 0 radical (unpaired) electrons. The maximum atomic E-state index is 3.36. The third kappa shape index (κ3) is 6.17. The van der Waals surface area contributed by atoms with Crippen LogP contribution >= 0.6 is 11.8 Å². The molecule has 0 aromatic carbocycles. The molecule has 1 fully saturated rings. The van der Waals surface area contributed by atoms with E-state index in [2.05, 4.69) is 30.3 Å². The Hall–Kier alpha value is 0.0500. The largest absolute Gasteiger partial charge is 0.305 e. The van der Waals surface area contributed by atoms with Gasteiger partial charge in [-0.1, -0.05) is 6.08 Å². The van der Waals surface area contributed by atoms with Crippen LogP contribution in [-0.2, 0) is 0 Å². The second-order valence-corrected chi connectivity index (χ2v) is 3.55. The first-order valence-electron chi connectivity index (χ1n) is 3.64. The Bertz CT molecular complexity index is 77.3. The van der Waals surface area contributed by atoms with Crippen molar-refractivity contribution in [1.82, 2.24) is 4.90 Å². The highest BCUT2D eigenvalue weighted by Gasteiger charge is 2.02. The van der Waals surface area contributed by atoms with Crippen LogP contribution in [-0.4, -0.2) is 36.5 Å². The zero-order valence-electron chi connectivity index (χ0n) is 6.97. The van der Waals surface area contributed by atoms with Gasteiger partial charge in [0.2, 0.25) is 0 Å². The lowest BCUT2D eigenvalue weighted by atomic mass is 10.6. The van der Waals surface area contributed by atoms with Gasteiger partial charge in [0.05, 0.1) is 0 Å². The van der Waals surface area contributed by atoms with Crippen LogP contribution in [0.4, 0.5) is 0 Å². The summed E-state index contributed by atoms with van der Waals surface area (Å²) in [6.07, 6.45) is 1.75. The number of rotatable bonds is 0. The molecule has 1 rings (SSSR count). The highest BCUT2D eigenvalue weighted by atomic mass is 32.2. The van der Waals surface area contributed by atoms with Crippen LogP contribution < -0.4 is 0 Å². The Labute approximate surface area is 68.5 Å². The zero-order valence-corrected chi connectivity index (χ0v) is 7.78. The smallest absolute Gasteiger partial charge is 0.00696 e. The third-order valence-corrected chi connectivity index (χ3v) is 2.18. The monoisotopic (exact) mass is 159 g/mol. The van der Waals surface area contributed by atoms with Crippen LogP contribution in [0.1, 0.15) is 6.92 Å². The lowest BCUT2D eigenvalue weighted by molar-refractivity contribution is 0.372. The van der Waals surface area contributed by atoms with Crippen molar-refractivity contribution in [2.45, 2.75) is 6.92 Å². The Morgan fingerprint density at radius 3 is 2.00 bits per heavy atom. The van der Waals surface area contributed by atoms with E-state index in [1.54, 1.807) is 6.08 Å². The normalized spacial score (nSPS) is 19.0. The average Bonchev–Trinajstić information content (AvgIpc) is 1.91. The van der Waals surface area contributed by atoms with Gasteiger partial charge in [-0.15, -0.1) is 6.58 Å². The summed E-state index contributed by atoms with van der Waals surface area (Å²) in [5, 5.41) is 0. The Balaban J connectivity index is 0.000000236. The van der Waals surface area contributed by atoms with Gasteiger partial charge in [0.25, 0.3) is 0 Å². The summed E-state index contributed by atoms with van der Waals surface area (Å²) in [7, 11) is 2.18. The van der Waals surface area contributed by atoms with Gasteiger partial charge in [-0.05, 0) is 14.0 Å². The van der Waals surface area contributed by atoms with Crippen molar-refractivity contribution >= 4 is 11.8 Å². The summed E-state index contributed by atoms with van der Waals surface area (Å²) >= 11 is 2.06. The van der Waals surface area contributed by atoms with Crippen molar-refractivity contribution in [1.29, 1.82) is 0 Å². The molecule has 1 aliphatic heterocycles. The average molecular weight is 159 g/mol. The maximum absolute atomic E-state index is 3.36. The Morgan fingerprint density at radius 2 is 1.80 bits per heavy atom. The molecule has 0 amide bonds. The summed E-state index contributed by atoms with van der Waals surface area (Å²) in [6.45, 7) is 7.81. The van der Waals surface area contributed by atoms with E-state index in [1.807, 2.05) is 6.92 Å². The van der Waals surface area contributed by atoms with Gasteiger partial charge in [-0.25, -0.2) is 0 Å². The van der Waals surface area contributed by atoms with E-state index in [4.69, 9.17) is 0 Å². The maximum Gasteiger partial charge on any atom is 0.00696 e. The van der Waals surface area contributed by atoms with E-state index >= 15 is 0 Å². The van der Waals surface area contributed by atoms with Crippen molar-refractivity contribution in [2.24, 2.45) is 0 Å². The minimum absolute atomic E-state index is 1.28. The van der Waals surface area contributed by atoms with Gasteiger partial charge in [-0.2, -0.15) is 11.8 Å². The molecule has 1 heterocycles. The molecular formula is C8H17NS. The number of allylic oxidation sites excluding steroid dienone is 1. The van der Waals surface area contributed by atoms with Crippen LogP contribution in [0.15, 0.2) is 12.7 Å². The molecule has 0 unspecified atom stereocenters. The molecule has 0 aromatic rings. The van der Waals surface area contributed by atoms with E-state index in [-0.39, 0.29) is 0 Å². The summed E-state index contributed by atoms with van der Waals surface area (Å²) in [6, 6.07) is 0. The zero-order chi connectivity index (χ0) is 7.82. The fourth-order valence-corrected chi connectivity index (χ4v) is 1.74. The molecule has 2 heteroatoms. The van der Waals surface area contributed by atoms with Crippen LogP contribution in [0.3, 0.4) is 0 Å². The van der Waals surface area contributed by atoms with Gasteiger partial charge in [0.15, 0.2) is 0 Å². The van der Waals surface area contributed by atoms with Crippen LogP contribution in [0.2, 0.25) is 0 Å². The molecule has 0 N–H and O–H groups in total. The second kappa shape index (κ2) is 7.16. The van der Waals surface area contributed by atoms with E-state index in [0.29, 0.717) is 0 Å². The first-order chi connectivity index (χ1) is 4.81. The predicted molar refractivity (Wildman–Crippen MR) is 50.7 cm³/mol. The summed E-state index contributed by atoms with van der Waals surface area (Å²) in [5.41, 5.74) is 0. The fourth-order valence-electron chi connectivity index (χ4n) is 0.655. The lowest BCUT2D eigenvalue weighted by Gasteiger charge is -2.20. The van der Waals surface area contributed by atoms with Crippen molar-refractivity contribution in [2.75, 3.05) is 31.6 Å². The first-order valence-corrected chi connectivity index (χ1v) is 4.80. The number of thioether (sulfide) groups is 1. The molecular weight excluding hydrogens is 142 g/mol. The summed E-state index contributed by atoms with van der Waals surface area (Å²) in [5.74, 6) is 2.66. The number of hydrogen-bond acceptors (Lipinski definition) is 2. The van der Waals surface area contributed by atoms with Crippen molar-refractivity contribution in [3.05, 3.63) is 12.7 Å². The third-order valence-electron chi connectivity index (χ3n) is 1.23. The van der Waals surface area contributed by atoms with E-state index in [0.717, 1.165) is 0 Å². The Morgan fingerprint density at radius 1 is 1.40 bits per heavy atom. The molecule has 10 heavy (non-hydrogen) atoms. The highest BCUT2D eigenvalue weighted by Crippen LogP contribution is 2.05. The van der Waals surface area contributed by atoms with E-state index < -0.39 is 0 Å². The second-order valence-electron chi connectivity index (χ2n) is 2.32. The van der Waals surface area contributed by atoms with E-state index in [9.17, 15) is 0 Å². The Kier molecular flexibility index (Phi) is 7.20. The highest BCUT2D eigenvalue weighted by molar-refractivity contribution is 7.99. The molecule has 1 aliphatic rings. The van der Waals surface area contributed by atoms with Gasteiger partial charge in [-0.3, -0.25) is 0 Å². The summed E-state index contributed by atoms with van der Waals surface area (Å²) in [4.78, 5) is 2.37. The minimum atomic E-state index is 1.28. The topological polar surface area (TPSA) is 3.24 Å². The quantitative estimate of drug-likeness (QED) is 0.496. The lowest BCUT2D eigenvalue weighted by Crippen LogP contribution is -2.28. The van der Waals surface area contributed by atoms with Gasteiger partial charge < -0.3 is 4.90 Å². The van der Waals surface area contributed by atoms with Gasteiger partial charge >= 0.3 is 0 Å². The van der Waals surface area contributed by atoms with Crippen LogP contribution in [0, 0.1) is 0 Å². The van der Waals surface area contributed by atoms with E-state index in [1.165, 1.54) is 24.6 Å². The van der Waals surface area contributed by atoms with Crippen LogP contribution in [0.25, 0.3) is 0 Å². The first kappa shape index (κ1) is 10.0. The standard InChI is InChI=1S/C5H11NS.C3H6/c1-6-2-4-7-5-3-6;1-3-2/h2-5H2,1H3;3H,1H2,2H3. The fraction of sp³-hybridized carbons (Fsp3) is 0.750. The number of nitrogens with zero attached hydrogens (tertiary/aromatic N) is 1. The van der Waals surface area contributed by atoms with Crippen molar-refractivity contribution in [3.63, 3.8) is 0 Å². The minimum Gasteiger partial charge on any atom is -0.305 e. The molecule has 0 atom stereocenters. The molecule has 0 aliphatic carbocycles. The molecule has 1 saturated heterocycles. The van der Waals surface area contributed by atoms with Gasteiger partial charge in [0.1, 0.15) is 0 Å². The molecule has 0 bridgehead atoms. The SMILES string of the molecule is C=CC.CN1CCSCC1.